The van der Waals surface area contributed by atoms with Gasteiger partial charge >= 0.3 is 0 Å². The summed E-state index contributed by atoms with van der Waals surface area (Å²) in [6.07, 6.45) is 5.90. The molecular formula is C34H54N2O4+2. The quantitative estimate of drug-likeness (QED) is 0.164. The van der Waals surface area contributed by atoms with Crippen molar-refractivity contribution in [3.8, 4) is 11.5 Å². The van der Waals surface area contributed by atoms with Crippen LogP contribution >= 0.6 is 0 Å². The largest absolute Gasteiger partial charge is 0.507 e. The Kier molecular flexibility index (Phi) is 10.8. The number of benzene rings is 2. The molecule has 0 aliphatic heterocycles. The third-order valence-corrected chi connectivity index (χ3v) is 7.90. The van der Waals surface area contributed by atoms with Crippen LogP contribution in [0.3, 0.4) is 0 Å². The summed E-state index contributed by atoms with van der Waals surface area (Å²) >= 11 is 0. The van der Waals surface area contributed by atoms with Gasteiger partial charge < -0.3 is 19.2 Å². The number of quaternary nitrogens is 2. The van der Waals surface area contributed by atoms with E-state index in [0.29, 0.717) is 24.2 Å². The van der Waals surface area contributed by atoms with Gasteiger partial charge in [-0.3, -0.25) is 9.59 Å². The average Bonchev–Trinajstić information content (AvgIpc) is 2.82. The number of phenols is 2. The second-order valence-corrected chi connectivity index (χ2v) is 14.9. The minimum absolute atomic E-state index is 0.103. The first kappa shape index (κ1) is 33.5. The maximum atomic E-state index is 11.6. The van der Waals surface area contributed by atoms with E-state index in [1.54, 1.807) is 12.1 Å². The van der Waals surface area contributed by atoms with Gasteiger partial charge in [-0.1, -0.05) is 41.5 Å². The first-order chi connectivity index (χ1) is 18.3. The van der Waals surface area contributed by atoms with Gasteiger partial charge in [0.25, 0.3) is 0 Å². The van der Waals surface area contributed by atoms with E-state index in [1.807, 2.05) is 0 Å². The number of carbonyl (C=O) groups is 2. The fraction of sp³-hybridized carbons (Fsp3) is 0.588. The van der Waals surface area contributed by atoms with Crippen LogP contribution in [0, 0.1) is 0 Å². The number of rotatable bonds is 13. The zero-order chi connectivity index (χ0) is 30.5. The molecular weight excluding hydrogens is 500 g/mol. The summed E-state index contributed by atoms with van der Waals surface area (Å²) in [6, 6.07) is 7.70. The minimum atomic E-state index is -0.103. The fourth-order valence-electron chi connectivity index (χ4n) is 5.24. The summed E-state index contributed by atoms with van der Waals surface area (Å²) in [5, 5.41) is 21.4. The van der Waals surface area contributed by atoms with E-state index < -0.39 is 0 Å². The van der Waals surface area contributed by atoms with Gasteiger partial charge in [0.1, 0.15) is 24.6 Å². The molecule has 0 amide bonds. The SMILES string of the molecule is CC(C)(C)c1cc(C=O)c(O)c(C[N+](C)(C)CCCCCC[N+](C)(C)Cc2cc(C(C)(C)C)cc(C=O)c2O)c1. The molecule has 6 nitrogen and oxygen atoms in total. The van der Waals surface area contributed by atoms with Gasteiger partial charge in [-0.15, -0.1) is 0 Å². The Balaban J connectivity index is 1.93. The molecule has 6 heteroatoms. The molecule has 0 saturated heterocycles. The number of aldehydes is 2. The van der Waals surface area contributed by atoms with Gasteiger partial charge in [-0.2, -0.15) is 0 Å². The summed E-state index contributed by atoms with van der Waals surface area (Å²) < 4.78 is 1.48. The third kappa shape index (κ3) is 9.45. The van der Waals surface area contributed by atoms with Crippen molar-refractivity contribution in [1.82, 2.24) is 0 Å². The lowest BCUT2D eigenvalue weighted by molar-refractivity contribution is -0.904. The van der Waals surface area contributed by atoms with Gasteiger partial charge in [-0.05, 0) is 71.9 Å². The molecule has 2 aromatic carbocycles. The summed E-state index contributed by atoms with van der Waals surface area (Å²) in [5.74, 6) is 0.210. The monoisotopic (exact) mass is 554 g/mol. The second-order valence-electron chi connectivity index (χ2n) is 14.9. The summed E-state index contributed by atoms with van der Waals surface area (Å²) in [4.78, 5) is 23.2. The standard InChI is InChI=1S/C34H52N2O4/c1-33(2,3)29-17-25(31(39)27(19-29)23-37)21-35(7,8)15-13-11-12-14-16-36(9,10)22-26-18-30(34(4,5)6)20-28(24-38)32(26)40/h17-20,23-24H,11-16,21-22H2,1-10H3/p+2. The normalized spacial score (nSPS) is 12.9. The van der Waals surface area contributed by atoms with Crippen molar-refractivity contribution in [2.45, 2.75) is 91.1 Å². The van der Waals surface area contributed by atoms with Crippen LogP contribution in [0.25, 0.3) is 0 Å². The van der Waals surface area contributed by atoms with Crippen LogP contribution in [-0.2, 0) is 23.9 Å². The van der Waals surface area contributed by atoms with E-state index in [-0.39, 0.29) is 22.3 Å². The highest BCUT2D eigenvalue weighted by atomic mass is 16.3. The summed E-state index contributed by atoms with van der Waals surface area (Å²) in [5.41, 5.74) is 4.30. The van der Waals surface area contributed by atoms with Crippen molar-refractivity contribution in [3.63, 3.8) is 0 Å². The van der Waals surface area contributed by atoms with Gasteiger partial charge in [0.05, 0.1) is 52.4 Å². The second kappa shape index (κ2) is 12.9. The first-order valence-electron chi connectivity index (χ1n) is 14.6. The van der Waals surface area contributed by atoms with E-state index in [0.717, 1.165) is 82.6 Å². The zero-order valence-corrected chi connectivity index (χ0v) is 26.7. The molecule has 2 aromatic rings. The lowest BCUT2D eigenvalue weighted by Crippen LogP contribution is -2.40. The molecule has 0 unspecified atom stereocenters. The first-order valence-corrected chi connectivity index (χ1v) is 14.6. The van der Waals surface area contributed by atoms with Gasteiger partial charge in [0, 0.05) is 11.1 Å². The van der Waals surface area contributed by atoms with Crippen molar-refractivity contribution in [3.05, 3.63) is 57.6 Å². The maximum Gasteiger partial charge on any atom is 0.153 e. The molecule has 0 bridgehead atoms. The molecule has 2 N–H and O–H groups in total. The molecule has 0 spiro atoms. The zero-order valence-electron chi connectivity index (χ0n) is 26.7. The number of unbranched alkanes of at least 4 members (excludes halogenated alkanes) is 3. The molecule has 0 fully saturated rings. The Morgan fingerprint density at radius 1 is 0.600 bits per heavy atom. The van der Waals surface area contributed by atoms with Crippen LogP contribution in [-0.4, -0.2) is 73.0 Å². The third-order valence-electron chi connectivity index (χ3n) is 7.90. The van der Waals surface area contributed by atoms with Crippen molar-refractivity contribution in [2.75, 3.05) is 41.3 Å². The van der Waals surface area contributed by atoms with Crippen LogP contribution in [0.4, 0.5) is 0 Å². The molecule has 2 rings (SSSR count). The molecule has 0 aromatic heterocycles. The van der Waals surface area contributed by atoms with Gasteiger partial charge in [-0.25, -0.2) is 0 Å². The fourth-order valence-corrected chi connectivity index (χ4v) is 5.24. The van der Waals surface area contributed by atoms with E-state index >= 15 is 0 Å². The van der Waals surface area contributed by atoms with Crippen molar-refractivity contribution < 1.29 is 28.8 Å². The van der Waals surface area contributed by atoms with Crippen molar-refractivity contribution in [2.24, 2.45) is 0 Å². The van der Waals surface area contributed by atoms with Crippen LogP contribution in [0.15, 0.2) is 24.3 Å². The maximum absolute atomic E-state index is 11.6. The molecule has 0 saturated carbocycles. The van der Waals surface area contributed by atoms with Crippen LogP contribution < -0.4 is 0 Å². The highest BCUT2D eigenvalue weighted by Gasteiger charge is 2.25. The lowest BCUT2D eigenvalue weighted by Gasteiger charge is -2.32. The van der Waals surface area contributed by atoms with Gasteiger partial charge in [0.2, 0.25) is 0 Å². The minimum Gasteiger partial charge on any atom is -0.507 e. The number of aromatic hydroxyl groups is 2. The molecule has 0 radical (unpaired) electrons. The average molecular weight is 555 g/mol. The molecule has 40 heavy (non-hydrogen) atoms. The van der Waals surface area contributed by atoms with Crippen LogP contribution in [0.5, 0.6) is 11.5 Å². The molecule has 0 aliphatic carbocycles. The number of carbonyl (C=O) groups excluding carboxylic acids is 2. The predicted molar refractivity (Wildman–Crippen MR) is 164 cm³/mol. The van der Waals surface area contributed by atoms with Crippen LogP contribution in [0.1, 0.15) is 110 Å². The van der Waals surface area contributed by atoms with Gasteiger partial charge in [0.15, 0.2) is 12.6 Å². The molecule has 0 atom stereocenters. The smallest absolute Gasteiger partial charge is 0.153 e. The number of hydrogen-bond acceptors (Lipinski definition) is 4. The topological polar surface area (TPSA) is 74.6 Å². The Morgan fingerprint density at radius 3 is 1.20 bits per heavy atom. The summed E-state index contributed by atoms with van der Waals surface area (Å²) in [7, 11) is 8.70. The Morgan fingerprint density at radius 2 is 0.925 bits per heavy atom. The Bertz CT molecular complexity index is 1090. The van der Waals surface area contributed by atoms with E-state index in [4.69, 9.17) is 0 Å². The lowest BCUT2D eigenvalue weighted by atomic mass is 9.84. The molecule has 0 heterocycles. The highest BCUT2D eigenvalue weighted by Crippen LogP contribution is 2.33. The van der Waals surface area contributed by atoms with E-state index in [2.05, 4.69) is 81.9 Å². The number of nitrogens with zero attached hydrogens (tertiary/aromatic N) is 2. The van der Waals surface area contributed by atoms with E-state index in [1.165, 1.54) is 0 Å². The predicted octanol–water partition coefficient (Wildman–Crippen LogP) is 6.73. The van der Waals surface area contributed by atoms with Crippen molar-refractivity contribution >= 4 is 12.6 Å². The molecule has 222 valence electrons. The Labute approximate surface area is 242 Å². The highest BCUT2D eigenvalue weighted by molar-refractivity contribution is 5.81. The van der Waals surface area contributed by atoms with E-state index in [9.17, 15) is 19.8 Å². The van der Waals surface area contributed by atoms with Crippen molar-refractivity contribution in [1.29, 1.82) is 0 Å². The Hall–Kier alpha value is -2.70. The number of hydrogen-bond donors (Lipinski definition) is 2. The number of phenolic OH excluding ortho intramolecular Hbond substituents is 2. The molecule has 0 aliphatic rings. The summed E-state index contributed by atoms with van der Waals surface area (Å²) in [6.45, 7) is 16.0. The van der Waals surface area contributed by atoms with Crippen LogP contribution in [0.2, 0.25) is 0 Å².